The van der Waals surface area contributed by atoms with Crippen LogP contribution in [0.15, 0.2) is 24.3 Å². The Morgan fingerprint density at radius 1 is 1.03 bits per heavy atom. The molecule has 30 heavy (non-hydrogen) atoms. The van der Waals surface area contributed by atoms with Gasteiger partial charge in [0, 0.05) is 13.0 Å². The van der Waals surface area contributed by atoms with E-state index in [2.05, 4.69) is 0 Å². The summed E-state index contributed by atoms with van der Waals surface area (Å²) in [5.41, 5.74) is 0.678. The minimum Gasteiger partial charge on any atom is -0.497 e. The molecule has 2 aliphatic heterocycles. The highest BCUT2D eigenvalue weighted by molar-refractivity contribution is 6.37. The molecule has 3 N–H and O–H groups in total. The quantitative estimate of drug-likeness (QED) is 0.376. The van der Waals surface area contributed by atoms with Crippen LogP contribution in [0.3, 0.4) is 0 Å². The number of hydrogen-bond donors (Lipinski definition) is 3. The highest BCUT2D eigenvalue weighted by atomic mass is 16.5. The number of rotatable bonds is 7. The first kappa shape index (κ1) is 22.0. The van der Waals surface area contributed by atoms with Crippen molar-refractivity contribution in [3.63, 3.8) is 0 Å². The van der Waals surface area contributed by atoms with E-state index >= 15 is 0 Å². The van der Waals surface area contributed by atoms with Crippen molar-refractivity contribution >= 4 is 17.8 Å². The second kappa shape index (κ2) is 8.99. The second-order valence-electron chi connectivity index (χ2n) is 7.38. The number of esters is 1. The highest BCUT2D eigenvalue weighted by Crippen LogP contribution is 2.33. The molecule has 0 radical (unpaired) electrons. The smallest absolute Gasteiger partial charge is 0.314 e. The van der Waals surface area contributed by atoms with Gasteiger partial charge in [-0.05, 0) is 24.1 Å². The number of aliphatic hydroxyl groups is 3. The molecule has 1 unspecified atom stereocenters. The van der Waals surface area contributed by atoms with Crippen LogP contribution < -0.4 is 4.74 Å². The van der Waals surface area contributed by atoms with E-state index in [-0.39, 0.29) is 13.0 Å². The monoisotopic (exact) mass is 422 g/mol. The second-order valence-corrected chi connectivity index (χ2v) is 7.38. The summed E-state index contributed by atoms with van der Waals surface area (Å²) < 4.78 is 10.2. The number of piperidine rings is 1. The summed E-state index contributed by atoms with van der Waals surface area (Å²) in [6, 6.07) is 5.66. The number of hydrogen-bond acceptors (Lipinski definition) is 8. The van der Waals surface area contributed by atoms with Crippen molar-refractivity contribution in [1.82, 2.24) is 9.80 Å². The Kier molecular flexibility index (Phi) is 6.59. The molecular formula is C20H26N2O8. The van der Waals surface area contributed by atoms with Gasteiger partial charge in [0.2, 0.25) is 0 Å². The first-order chi connectivity index (χ1) is 14.3. The minimum atomic E-state index is -1.63. The lowest BCUT2D eigenvalue weighted by Gasteiger charge is -2.46. The van der Waals surface area contributed by atoms with E-state index in [1.165, 1.54) is 7.11 Å². The average molecular weight is 422 g/mol. The summed E-state index contributed by atoms with van der Waals surface area (Å²) in [6.07, 6.45) is -5.26. The molecule has 0 bridgehead atoms. The molecule has 3 rings (SSSR count). The van der Waals surface area contributed by atoms with Crippen molar-refractivity contribution in [2.75, 3.05) is 13.7 Å². The maximum absolute atomic E-state index is 12.7. The molecule has 0 spiro atoms. The first-order valence-corrected chi connectivity index (χ1v) is 9.76. The van der Waals surface area contributed by atoms with Crippen LogP contribution in [0, 0.1) is 0 Å². The van der Waals surface area contributed by atoms with Gasteiger partial charge < -0.3 is 34.6 Å². The van der Waals surface area contributed by atoms with Gasteiger partial charge in [0.05, 0.1) is 13.2 Å². The van der Waals surface area contributed by atoms with E-state index in [4.69, 9.17) is 9.47 Å². The summed E-state index contributed by atoms with van der Waals surface area (Å²) in [6.45, 7) is 1.40. The molecule has 0 saturated carbocycles. The van der Waals surface area contributed by atoms with Crippen molar-refractivity contribution in [1.29, 1.82) is 0 Å². The number of amides is 2. The van der Waals surface area contributed by atoms with E-state index in [0.29, 0.717) is 17.7 Å². The Bertz CT molecular complexity index is 799. The lowest BCUT2D eigenvalue weighted by atomic mass is 9.92. The van der Waals surface area contributed by atoms with Crippen LogP contribution in [-0.4, -0.2) is 87.1 Å². The van der Waals surface area contributed by atoms with Crippen LogP contribution in [0.2, 0.25) is 0 Å². The number of carbonyl (C=O) groups excluding carboxylic acids is 3. The van der Waals surface area contributed by atoms with E-state index in [9.17, 15) is 29.7 Å². The van der Waals surface area contributed by atoms with Crippen LogP contribution in [0.5, 0.6) is 5.75 Å². The Morgan fingerprint density at radius 3 is 2.30 bits per heavy atom. The molecule has 0 aromatic heterocycles. The van der Waals surface area contributed by atoms with Gasteiger partial charge in [0.15, 0.2) is 0 Å². The number of methoxy groups -OCH3 is 1. The van der Waals surface area contributed by atoms with Gasteiger partial charge in [-0.25, -0.2) is 0 Å². The Hall–Kier alpha value is -2.69. The largest absolute Gasteiger partial charge is 0.497 e. The lowest BCUT2D eigenvalue weighted by Crippen LogP contribution is -2.68. The average Bonchev–Trinajstić information content (AvgIpc) is 2.98. The minimum absolute atomic E-state index is 0.00203. The van der Waals surface area contributed by atoms with Gasteiger partial charge >= 0.3 is 17.8 Å². The van der Waals surface area contributed by atoms with E-state index in [1.54, 1.807) is 31.2 Å². The molecular weight excluding hydrogens is 396 g/mol. The van der Waals surface area contributed by atoms with Gasteiger partial charge in [-0.2, -0.15) is 0 Å². The standard InChI is InChI=1S/C20H26N2O8/c1-3-4-14(23)30-10-13-15(24)16(25)17(26)18-21(19(27)20(28)22(13)18)9-11-5-7-12(29-2)8-6-11/h5-8,13,15-18,24-26H,3-4,9-10H2,1-2H3/t13-,15-,16+,17+,18?/m1/s1. The van der Waals surface area contributed by atoms with Gasteiger partial charge in [-0.1, -0.05) is 19.1 Å². The van der Waals surface area contributed by atoms with Gasteiger partial charge in [-0.15, -0.1) is 0 Å². The summed E-state index contributed by atoms with van der Waals surface area (Å²) >= 11 is 0. The van der Waals surface area contributed by atoms with Crippen molar-refractivity contribution in [3.8, 4) is 5.75 Å². The molecule has 2 heterocycles. The molecule has 2 amide bonds. The number of ether oxygens (including phenoxy) is 2. The van der Waals surface area contributed by atoms with Crippen LogP contribution in [0.4, 0.5) is 0 Å². The van der Waals surface area contributed by atoms with Crippen LogP contribution in [0.25, 0.3) is 0 Å². The predicted molar refractivity (Wildman–Crippen MR) is 102 cm³/mol. The van der Waals surface area contributed by atoms with Crippen LogP contribution in [0.1, 0.15) is 25.3 Å². The van der Waals surface area contributed by atoms with E-state index < -0.39 is 54.9 Å². The molecule has 5 atom stereocenters. The summed E-state index contributed by atoms with van der Waals surface area (Å²) in [7, 11) is 1.52. The number of carbonyl (C=O) groups is 3. The topological polar surface area (TPSA) is 137 Å². The maximum Gasteiger partial charge on any atom is 0.314 e. The Labute approximate surface area is 173 Å². The summed E-state index contributed by atoms with van der Waals surface area (Å²) in [5, 5.41) is 31.3. The van der Waals surface area contributed by atoms with Crippen molar-refractivity contribution in [3.05, 3.63) is 29.8 Å². The number of fused-ring (bicyclic) bond motifs is 1. The lowest BCUT2D eigenvalue weighted by molar-refractivity contribution is -0.192. The Morgan fingerprint density at radius 2 is 1.70 bits per heavy atom. The van der Waals surface area contributed by atoms with Gasteiger partial charge in [-0.3, -0.25) is 14.4 Å². The molecule has 2 saturated heterocycles. The first-order valence-electron chi connectivity index (χ1n) is 9.76. The third kappa shape index (κ3) is 3.98. The van der Waals surface area contributed by atoms with Gasteiger partial charge in [0.25, 0.3) is 0 Å². The summed E-state index contributed by atoms with van der Waals surface area (Å²) in [4.78, 5) is 39.2. The van der Waals surface area contributed by atoms with Crippen molar-refractivity contribution in [2.45, 2.75) is 56.8 Å². The maximum atomic E-state index is 12.7. The molecule has 164 valence electrons. The van der Waals surface area contributed by atoms with E-state index in [1.807, 2.05) is 0 Å². The van der Waals surface area contributed by atoms with Crippen LogP contribution >= 0.6 is 0 Å². The fourth-order valence-electron chi connectivity index (χ4n) is 3.82. The van der Waals surface area contributed by atoms with Crippen molar-refractivity contribution < 1.29 is 39.2 Å². The molecule has 10 nitrogen and oxygen atoms in total. The normalized spacial score (nSPS) is 28.5. The zero-order chi connectivity index (χ0) is 22.0. The summed E-state index contributed by atoms with van der Waals surface area (Å²) in [5.74, 6) is -1.71. The SMILES string of the molecule is CCCC(=O)OC[C@@H]1[C@@H](O)[C@H](O)[C@H](O)C2N(Cc3ccc(OC)cc3)C(=O)C(=O)N21. The molecule has 2 aliphatic rings. The number of aliphatic hydroxyl groups excluding tert-OH is 3. The molecule has 1 aromatic carbocycles. The van der Waals surface area contributed by atoms with Gasteiger partial charge in [0.1, 0.15) is 36.8 Å². The third-order valence-corrected chi connectivity index (χ3v) is 5.42. The fourth-order valence-corrected chi connectivity index (χ4v) is 3.82. The molecule has 1 aromatic rings. The highest BCUT2D eigenvalue weighted by Gasteiger charge is 2.59. The number of benzene rings is 1. The van der Waals surface area contributed by atoms with Crippen LogP contribution in [-0.2, 0) is 25.7 Å². The third-order valence-electron chi connectivity index (χ3n) is 5.42. The zero-order valence-electron chi connectivity index (χ0n) is 16.8. The Balaban J connectivity index is 1.85. The molecule has 0 aliphatic carbocycles. The van der Waals surface area contributed by atoms with E-state index in [0.717, 1.165) is 9.80 Å². The molecule has 2 fully saturated rings. The number of nitrogens with zero attached hydrogens (tertiary/aromatic N) is 2. The fraction of sp³-hybridized carbons (Fsp3) is 0.550. The molecule has 10 heteroatoms. The van der Waals surface area contributed by atoms with Crippen molar-refractivity contribution in [2.24, 2.45) is 0 Å². The zero-order valence-corrected chi connectivity index (χ0v) is 16.8. The predicted octanol–water partition coefficient (Wildman–Crippen LogP) is -1.000.